The molecule has 15 nitrogen and oxygen atoms in total. The zero-order valence-electron chi connectivity index (χ0n) is 25.9. The van der Waals surface area contributed by atoms with Crippen LogP contribution in [-0.2, 0) is 24.4 Å². The van der Waals surface area contributed by atoms with E-state index in [4.69, 9.17) is 21.9 Å². The van der Waals surface area contributed by atoms with E-state index in [2.05, 4.69) is 25.1 Å². The fourth-order valence-corrected chi connectivity index (χ4v) is 5.73. The molecule has 0 bridgehead atoms. The number of carbonyl (C=O) groups is 3. The summed E-state index contributed by atoms with van der Waals surface area (Å²) in [5.74, 6) is -1.23. The fraction of sp³-hybridized carbons (Fsp3) is 0.286. The maximum atomic E-state index is 13.2. The van der Waals surface area contributed by atoms with Gasteiger partial charge in [0, 0.05) is 25.2 Å². The van der Waals surface area contributed by atoms with Gasteiger partial charge in [-0.1, -0.05) is 12.2 Å². The summed E-state index contributed by atoms with van der Waals surface area (Å²) in [5.41, 5.74) is 19.5. The number of halogens is 5. The molecule has 0 aliphatic rings. The summed E-state index contributed by atoms with van der Waals surface area (Å²) in [4.78, 5) is 46.7. The number of thiophene rings is 1. The molecular weight excluding hydrogens is 866 g/mol. The normalized spacial score (nSPS) is 11.0. The average molecular weight is 899 g/mol. The van der Waals surface area contributed by atoms with E-state index in [0.717, 1.165) is 11.3 Å². The number of amides is 3. The Labute approximate surface area is 313 Å². The first-order valence-electron chi connectivity index (χ1n) is 13.9. The van der Waals surface area contributed by atoms with E-state index in [0.29, 0.717) is 44.2 Å². The van der Waals surface area contributed by atoms with Crippen molar-refractivity contribution < 1.29 is 32.6 Å². The van der Waals surface area contributed by atoms with Gasteiger partial charge in [-0.25, -0.2) is 9.97 Å². The Balaban J connectivity index is 0.00000278. The summed E-state index contributed by atoms with van der Waals surface area (Å²) >= 11 is 1.14. The summed E-state index contributed by atoms with van der Waals surface area (Å²) < 4.78 is 39.7. The highest BCUT2D eigenvalue weighted by Crippen LogP contribution is 2.31. The number of nitrogens with two attached hydrogens (primary N) is 3. The molecule has 266 valence electrons. The minimum Gasteiger partial charge on any atom is -0.489 e. The predicted molar refractivity (Wildman–Crippen MR) is 197 cm³/mol. The van der Waals surface area contributed by atoms with Gasteiger partial charge >= 0.3 is 6.61 Å². The second-order valence-corrected chi connectivity index (χ2v) is 10.9. The van der Waals surface area contributed by atoms with Gasteiger partial charge in [-0.05, 0) is 38.1 Å². The summed E-state index contributed by atoms with van der Waals surface area (Å²) in [5, 5.41) is 7.16. The zero-order chi connectivity index (χ0) is 33.1. The number of hydrogen-bond donors (Lipinski definition) is 4. The van der Waals surface area contributed by atoms with E-state index in [9.17, 15) is 23.2 Å². The lowest BCUT2D eigenvalue weighted by Gasteiger charge is -2.12. The largest absolute Gasteiger partial charge is 0.489 e. The van der Waals surface area contributed by atoms with Gasteiger partial charge in [0.1, 0.15) is 33.9 Å². The number of benzene rings is 1. The number of anilines is 2. The van der Waals surface area contributed by atoms with Gasteiger partial charge in [-0.2, -0.15) is 13.9 Å². The maximum Gasteiger partial charge on any atom is 0.345 e. The second-order valence-electron chi connectivity index (χ2n) is 9.89. The van der Waals surface area contributed by atoms with Crippen molar-refractivity contribution in [1.82, 2.24) is 28.9 Å². The van der Waals surface area contributed by atoms with Crippen molar-refractivity contribution >= 4 is 113 Å². The number of alkyl halides is 2. The first-order valence-corrected chi connectivity index (χ1v) is 14.7. The molecule has 0 fully saturated rings. The van der Waals surface area contributed by atoms with Gasteiger partial charge in [-0.15, -0.1) is 62.3 Å². The average Bonchev–Trinajstić information content (AvgIpc) is 3.74. The molecule has 5 rings (SSSR count). The topological polar surface area (TPSA) is 213 Å². The summed E-state index contributed by atoms with van der Waals surface area (Å²) in [6, 6.07) is 6.07. The SMILES string of the molecule is Br.Br.Br.CCn1nc(C)cc1C(=O)Nc1nc2cc(C(N)=O)sc2n1C/C=C/Cn1c(N)nc2cc(C(N)=O)cc(OCCOC(F)F)c21. The Morgan fingerprint density at radius 2 is 1.67 bits per heavy atom. The third-order valence-corrected chi connectivity index (χ3v) is 7.93. The molecule has 0 unspecified atom stereocenters. The van der Waals surface area contributed by atoms with Crippen LogP contribution in [0.2, 0.25) is 0 Å². The first-order chi connectivity index (χ1) is 22.0. The molecule has 0 spiro atoms. The highest BCUT2D eigenvalue weighted by Gasteiger charge is 2.21. The molecule has 0 aliphatic carbocycles. The van der Waals surface area contributed by atoms with Crippen LogP contribution in [-0.4, -0.2) is 66.4 Å². The molecule has 4 aromatic heterocycles. The molecule has 0 saturated heterocycles. The molecule has 0 radical (unpaired) electrons. The van der Waals surface area contributed by atoms with E-state index < -0.39 is 30.9 Å². The van der Waals surface area contributed by atoms with Crippen LogP contribution in [0.1, 0.15) is 43.1 Å². The molecule has 21 heteroatoms. The number of carbonyl (C=O) groups excluding carboxylic acids is 3. The number of fused-ring (bicyclic) bond motifs is 2. The number of imidazole rings is 2. The zero-order valence-corrected chi connectivity index (χ0v) is 31.9. The Morgan fingerprint density at radius 3 is 2.31 bits per heavy atom. The van der Waals surface area contributed by atoms with Crippen LogP contribution in [0.4, 0.5) is 20.7 Å². The molecule has 4 heterocycles. The lowest BCUT2D eigenvalue weighted by Crippen LogP contribution is -2.19. The number of nitrogens with one attached hydrogen (secondary N) is 1. The van der Waals surface area contributed by atoms with Crippen molar-refractivity contribution in [3.8, 4) is 5.75 Å². The van der Waals surface area contributed by atoms with Crippen LogP contribution in [0.15, 0.2) is 36.4 Å². The second kappa shape index (κ2) is 17.7. The van der Waals surface area contributed by atoms with Crippen molar-refractivity contribution in [2.45, 2.75) is 40.1 Å². The minimum atomic E-state index is -2.96. The smallest absolute Gasteiger partial charge is 0.345 e. The van der Waals surface area contributed by atoms with Gasteiger partial charge in [0.25, 0.3) is 11.8 Å². The molecule has 0 aliphatic heterocycles. The van der Waals surface area contributed by atoms with Gasteiger partial charge < -0.3 is 31.2 Å². The van der Waals surface area contributed by atoms with E-state index in [-0.39, 0.29) is 93.9 Å². The molecule has 0 saturated carbocycles. The van der Waals surface area contributed by atoms with Crippen molar-refractivity contribution in [2.24, 2.45) is 11.5 Å². The van der Waals surface area contributed by atoms with Crippen molar-refractivity contribution in [1.29, 1.82) is 0 Å². The van der Waals surface area contributed by atoms with E-state index in [1.807, 2.05) is 6.92 Å². The molecule has 0 atom stereocenters. The molecule has 1 aromatic carbocycles. The van der Waals surface area contributed by atoms with Gasteiger partial charge in [0.2, 0.25) is 17.8 Å². The summed E-state index contributed by atoms with van der Waals surface area (Å²) in [6.45, 7) is 0.981. The van der Waals surface area contributed by atoms with Crippen molar-refractivity contribution in [2.75, 3.05) is 24.3 Å². The minimum absolute atomic E-state index is 0. The maximum absolute atomic E-state index is 13.2. The van der Waals surface area contributed by atoms with Gasteiger partial charge in [0.05, 0.1) is 22.7 Å². The quantitative estimate of drug-likeness (QED) is 0.0904. The van der Waals surface area contributed by atoms with Crippen LogP contribution in [0, 0.1) is 6.92 Å². The monoisotopic (exact) mass is 896 g/mol. The number of rotatable bonds is 14. The van der Waals surface area contributed by atoms with Gasteiger partial charge in [0.15, 0.2) is 0 Å². The third kappa shape index (κ3) is 9.21. The van der Waals surface area contributed by atoms with E-state index in [1.54, 1.807) is 45.0 Å². The highest BCUT2D eigenvalue weighted by molar-refractivity contribution is 8.93. The predicted octanol–water partition coefficient (Wildman–Crippen LogP) is 4.61. The molecule has 49 heavy (non-hydrogen) atoms. The first kappa shape index (κ1) is 41.3. The number of nitrogen functional groups attached to an aromatic ring is 1. The number of nitrogens with zero attached hydrogens (tertiary/aromatic N) is 6. The Bertz CT molecular complexity index is 1990. The Morgan fingerprint density at radius 1 is 0.980 bits per heavy atom. The number of hydrogen-bond acceptors (Lipinski definition) is 10. The van der Waals surface area contributed by atoms with Crippen molar-refractivity contribution in [3.63, 3.8) is 0 Å². The van der Waals surface area contributed by atoms with Crippen LogP contribution in [0.3, 0.4) is 0 Å². The number of ether oxygens (including phenoxy) is 2. The molecule has 7 N–H and O–H groups in total. The Kier molecular flexibility index (Phi) is 14.9. The van der Waals surface area contributed by atoms with Crippen LogP contribution in [0.25, 0.3) is 21.4 Å². The lowest BCUT2D eigenvalue weighted by atomic mass is 10.1. The number of aromatic nitrogens is 6. The van der Waals surface area contributed by atoms with Crippen molar-refractivity contribution in [3.05, 3.63) is 58.2 Å². The third-order valence-electron chi connectivity index (χ3n) is 6.77. The summed E-state index contributed by atoms with van der Waals surface area (Å²) in [7, 11) is 0. The summed E-state index contributed by atoms with van der Waals surface area (Å²) in [6.07, 6.45) is 3.57. The Hall–Kier alpha value is -3.92. The van der Waals surface area contributed by atoms with Crippen LogP contribution in [0.5, 0.6) is 5.75 Å². The van der Waals surface area contributed by atoms with Crippen LogP contribution >= 0.6 is 62.3 Å². The fourth-order valence-electron chi connectivity index (χ4n) is 4.77. The van der Waals surface area contributed by atoms with Gasteiger partial charge in [-0.3, -0.25) is 28.9 Å². The molecule has 3 amide bonds. The number of aryl methyl sites for hydroxylation is 2. The van der Waals surface area contributed by atoms with E-state index in [1.165, 1.54) is 12.1 Å². The lowest BCUT2D eigenvalue weighted by molar-refractivity contribution is -0.133. The standard InChI is InChI=1S/C28H30F2N10O5S.3BrH/c1-3-40-18(10-14(2)37-40)24(43)36-28-35-17-13-20(23(32)42)46-25(17)39(28)7-5-4-6-38-21-16(34-27(38)33)11-15(22(31)41)12-19(21)44-8-9-45-26(29)30;;;/h4-5,10-13,26H,3,6-9H2,1-2H3,(H2,31,41)(H2,32,42)(H2,33,34)(H,35,36,43);3*1H/b5-4+;;;. The van der Waals surface area contributed by atoms with E-state index >= 15 is 0 Å². The number of primary amides is 2. The van der Waals surface area contributed by atoms with Crippen LogP contribution < -0.4 is 27.3 Å². The number of allylic oxidation sites excluding steroid dienone is 2. The molecular formula is C28H33Br3F2N10O5S. The molecule has 5 aromatic rings. The highest BCUT2D eigenvalue weighted by atomic mass is 79.9.